The molecule has 1 heterocycles. The summed E-state index contributed by atoms with van der Waals surface area (Å²) in [4.78, 5) is 7.28. The third-order valence-corrected chi connectivity index (χ3v) is 3.72. The van der Waals surface area contributed by atoms with Gasteiger partial charge in [-0.2, -0.15) is 0 Å². The van der Waals surface area contributed by atoms with Crippen LogP contribution in [-0.2, 0) is 0 Å². The van der Waals surface area contributed by atoms with Crippen molar-refractivity contribution in [3.05, 3.63) is 24.3 Å². The molecule has 1 fully saturated rings. The van der Waals surface area contributed by atoms with Crippen LogP contribution in [0.25, 0.3) is 0 Å². The molecule has 1 aliphatic carbocycles. The van der Waals surface area contributed by atoms with E-state index in [4.69, 9.17) is 0 Å². The maximum absolute atomic E-state index is 2.57. The Labute approximate surface area is 99.0 Å². The average Bonchev–Trinajstić information content (AvgIpc) is 2.30. The molecule has 0 amide bonds. The molecule has 0 atom stereocenters. The van der Waals surface area contributed by atoms with Crippen molar-refractivity contribution >= 4 is 0 Å². The van der Waals surface area contributed by atoms with Crippen LogP contribution in [0.2, 0.25) is 0 Å². The van der Waals surface area contributed by atoms with Crippen molar-refractivity contribution in [2.75, 3.05) is 47.3 Å². The Balaban J connectivity index is 2.16. The second-order valence-electron chi connectivity index (χ2n) is 5.01. The fourth-order valence-corrected chi connectivity index (χ4v) is 2.57. The van der Waals surface area contributed by atoms with Crippen LogP contribution in [0.3, 0.4) is 0 Å². The van der Waals surface area contributed by atoms with E-state index in [2.05, 4.69) is 60.1 Å². The van der Waals surface area contributed by atoms with Crippen molar-refractivity contribution in [2.45, 2.75) is 12.1 Å². The highest BCUT2D eigenvalue weighted by atomic mass is 15.4. The zero-order chi connectivity index (χ0) is 11.6. The largest absolute Gasteiger partial charge is 0.304 e. The number of hydrogen-bond acceptors (Lipinski definition) is 3. The third kappa shape index (κ3) is 2.08. The fourth-order valence-electron chi connectivity index (χ4n) is 2.57. The van der Waals surface area contributed by atoms with Gasteiger partial charge in [-0.1, -0.05) is 12.2 Å². The van der Waals surface area contributed by atoms with E-state index in [0.29, 0.717) is 0 Å². The van der Waals surface area contributed by atoms with Gasteiger partial charge in [0.05, 0.1) is 0 Å². The molecule has 2 rings (SSSR count). The molecule has 1 aliphatic heterocycles. The fraction of sp³-hybridized carbons (Fsp3) is 0.692. The number of rotatable bonds is 2. The van der Waals surface area contributed by atoms with Gasteiger partial charge >= 0.3 is 0 Å². The summed E-state index contributed by atoms with van der Waals surface area (Å²) in [5, 5.41) is 0. The summed E-state index contributed by atoms with van der Waals surface area (Å²) in [6, 6.07) is 0. The van der Waals surface area contributed by atoms with Gasteiger partial charge in [0.2, 0.25) is 0 Å². The van der Waals surface area contributed by atoms with E-state index in [0.717, 1.165) is 32.6 Å². The first-order valence-electron chi connectivity index (χ1n) is 6.11. The lowest BCUT2D eigenvalue weighted by atomic mass is 9.99. The van der Waals surface area contributed by atoms with Crippen LogP contribution in [0.4, 0.5) is 0 Å². The number of hydrogen-bond donors (Lipinski definition) is 0. The van der Waals surface area contributed by atoms with Gasteiger partial charge in [-0.05, 0) is 39.7 Å². The molecule has 3 heteroatoms. The summed E-state index contributed by atoms with van der Waals surface area (Å²) in [6.45, 7) is 4.61. The Bertz CT molecular complexity index is 274. The molecular weight excluding hydrogens is 198 g/mol. The average molecular weight is 221 g/mol. The van der Waals surface area contributed by atoms with E-state index in [9.17, 15) is 0 Å². The molecule has 0 aromatic rings. The minimum Gasteiger partial charge on any atom is -0.304 e. The smallest absolute Gasteiger partial charge is 0.112 e. The normalized spacial score (nSPS) is 26.5. The van der Waals surface area contributed by atoms with E-state index in [-0.39, 0.29) is 5.66 Å². The van der Waals surface area contributed by atoms with Gasteiger partial charge in [0, 0.05) is 26.2 Å². The van der Waals surface area contributed by atoms with Crippen molar-refractivity contribution in [1.29, 1.82) is 0 Å². The van der Waals surface area contributed by atoms with Gasteiger partial charge in [0.25, 0.3) is 0 Å². The first kappa shape index (κ1) is 11.8. The van der Waals surface area contributed by atoms with Gasteiger partial charge in [-0.25, -0.2) is 0 Å². The second-order valence-corrected chi connectivity index (χ2v) is 5.01. The molecule has 0 unspecified atom stereocenters. The van der Waals surface area contributed by atoms with Crippen LogP contribution in [0.1, 0.15) is 6.42 Å². The zero-order valence-electron chi connectivity index (χ0n) is 10.7. The number of nitrogens with zero attached hydrogens (tertiary/aromatic N) is 3. The second kappa shape index (κ2) is 4.70. The van der Waals surface area contributed by atoms with E-state index >= 15 is 0 Å². The highest BCUT2D eigenvalue weighted by Crippen LogP contribution is 2.26. The molecular formula is C13H23N3. The lowest BCUT2D eigenvalue weighted by molar-refractivity contribution is 0.0142. The summed E-state index contributed by atoms with van der Waals surface area (Å²) in [7, 11) is 6.53. The molecule has 90 valence electrons. The van der Waals surface area contributed by atoms with Gasteiger partial charge in [0.1, 0.15) is 5.66 Å². The molecule has 0 N–H and O–H groups in total. The predicted molar refractivity (Wildman–Crippen MR) is 68.4 cm³/mol. The zero-order valence-corrected chi connectivity index (χ0v) is 10.7. The van der Waals surface area contributed by atoms with Crippen molar-refractivity contribution in [1.82, 2.24) is 14.7 Å². The topological polar surface area (TPSA) is 9.72 Å². The SMILES string of the molecule is CN1CCN(C2(N(C)C)C=CCC=C2)CC1. The highest BCUT2D eigenvalue weighted by molar-refractivity contribution is 5.23. The van der Waals surface area contributed by atoms with Gasteiger partial charge in [-0.15, -0.1) is 0 Å². The minimum atomic E-state index is 0.0134. The monoisotopic (exact) mass is 221 g/mol. The molecule has 3 nitrogen and oxygen atoms in total. The number of allylic oxidation sites excluding steroid dienone is 2. The minimum absolute atomic E-state index is 0.0134. The van der Waals surface area contributed by atoms with E-state index in [1.54, 1.807) is 0 Å². The highest BCUT2D eigenvalue weighted by Gasteiger charge is 2.36. The molecule has 0 aromatic carbocycles. The third-order valence-electron chi connectivity index (χ3n) is 3.72. The van der Waals surface area contributed by atoms with Crippen LogP contribution < -0.4 is 0 Å². The Morgan fingerprint density at radius 3 is 2.06 bits per heavy atom. The first-order valence-corrected chi connectivity index (χ1v) is 6.11. The summed E-state index contributed by atoms with van der Waals surface area (Å²) in [5.41, 5.74) is 0.0134. The van der Waals surface area contributed by atoms with Crippen molar-refractivity contribution in [2.24, 2.45) is 0 Å². The predicted octanol–water partition coefficient (Wildman–Crippen LogP) is 1.01. The Morgan fingerprint density at radius 2 is 1.56 bits per heavy atom. The van der Waals surface area contributed by atoms with Crippen LogP contribution in [-0.4, -0.2) is 67.7 Å². The van der Waals surface area contributed by atoms with Crippen LogP contribution in [0, 0.1) is 0 Å². The van der Waals surface area contributed by atoms with Crippen molar-refractivity contribution < 1.29 is 0 Å². The Hall–Kier alpha value is -0.640. The van der Waals surface area contributed by atoms with E-state index in [1.807, 2.05) is 0 Å². The summed E-state index contributed by atoms with van der Waals surface area (Å²) in [6.07, 6.45) is 10.3. The van der Waals surface area contributed by atoms with E-state index < -0.39 is 0 Å². The Kier molecular flexibility index (Phi) is 3.47. The summed E-state index contributed by atoms with van der Waals surface area (Å²) >= 11 is 0. The molecule has 1 saturated heterocycles. The molecule has 0 bridgehead atoms. The Morgan fingerprint density at radius 1 is 1.00 bits per heavy atom. The number of piperazine rings is 1. The molecule has 0 spiro atoms. The van der Waals surface area contributed by atoms with Crippen molar-refractivity contribution in [3.8, 4) is 0 Å². The van der Waals surface area contributed by atoms with Gasteiger partial charge in [-0.3, -0.25) is 9.80 Å². The molecule has 0 aromatic heterocycles. The lowest BCUT2D eigenvalue weighted by Gasteiger charge is -2.48. The van der Waals surface area contributed by atoms with Crippen LogP contribution in [0.5, 0.6) is 0 Å². The molecule has 0 saturated carbocycles. The first-order chi connectivity index (χ1) is 7.65. The molecule has 0 radical (unpaired) electrons. The van der Waals surface area contributed by atoms with E-state index in [1.165, 1.54) is 0 Å². The maximum atomic E-state index is 2.57. The quantitative estimate of drug-likeness (QED) is 0.644. The van der Waals surface area contributed by atoms with Gasteiger partial charge < -0.3 is 4.90 Å². The molecule has 16 heavy (non-hydrogen) atoms. The molecule has 2 aliphatic rings. The standard InChI is InChI=1S/C13H23N3/c1-14(2)13(7-5-4-6-8-13)16-11-9-15(3)10-12-16/h5-8H,4,9-12H2,1-3H3. The number of likely N-dealkylation sites (N-methyl/N-ethyl adjacent to an activating group) is 2. The van der Waals surface area contributed by atoms with Gasteiger partial charge in [0.15, 0.2) is 0 Å². The summed E-state index contributed by atoms with van der Waals surface area (Å²) in [5.74, 6) is 0. The summed E-state index contributed by atoms with van der Waals surface area (Å²) < 4.78 is 0. The van der Waals surface area contributed by atoms with Crippen molar-refractivity contribution in [3.63, 3.8) is 0 Å². The van der Waals surface area contributed by atoms with Crippen LogP contribution in [0.15, 0.2) is 24.3 Å². The lowest BCUT2D eigenvalue weighted by Crippen LogP contribution is -2.61. The van der Waals surface area contributed by atoms with Crippen LogP contribution >= 0.6 is 0 Å². The maximum Gasteiger partial charge on any atom is 0.112 e.